The molecular weight excluding hydrogens is 430 g/mol. The van der Waals surface area contributed by atoms with Crippen LogP contribution in [0.1, 0.15) is 58.1 Å². The summed E-state index contributed by atoms with van der Waals surface area (Å²) in [4.78, 5) is 49.8. The van der Waals surface area contributed by atoms with Crippen LogP contribution in [0.4, 0.5) is 9.59 Å². The van der Waals surface area contributed by atoms with Gasteiger partial charge in [-0.1, -0.05) is 24.3 Å². The fourth-order valence-corrected chi connectivity index (χ4v) is 3.46. The third-order valence-corrected chi connectivity index (χ3v) is 5.18. The van der Waals surface area contributed by atoms with Crippen LogP contribution in [0, 0.1) is 5.53 Å². The minimum atomic E-state index is -1.21. The first-order chi connectivity index (χ1) is 15.4. The third-order valence-electron chi connectivity index (χ3n) is 5.18. The highest BCUT2D eigenvalue weighted by Gasteiger charge is 2.48. The summed E-state index contributed by atoms with van der Waals surface area (Å²) in [6.45, 7) is 7.02. The Balaban J connectivity index is 1.92. The van der Waals surface area contributed by atoms with Crippen molar-refractivity contribution in [2.45, 2.75) is 70.7 Å². The number of imide groups is 1. The molecule has 0 aromatic heterocycles. The second kappa shape index (κ2) is 10.4. The largest absolute Gasteiger partial charge is 0.480 e. The zero-order valence-electron chi connectivity index (χ0n) is 19.3. The van der Waals surface area contributed by atoms with Crippen molar-refractivity contribution in [3.63, 3.8) is 0 Å². The molecule has 0 spiro atoms. The number of carboxylic acid groups (broad SMARTS) is 1. The molecular formula is C22H31N5O6. The molecule has 0 bridgehead atoms. The Kier molecular flexibility index (Phi) is 8.13. The number of aliphatic carboxylic acids is 1. The summed E-state index contributed by atoms with van der Waals surface area (Å²) in [6, 6.07) is 5.30. The second-order valence-corrected chi connectivity index (χ2v) is 9.06. The Morgan fingerprint density at radius 1 is 1.24 bits per heavy atom. The number of urea groups is 1. The summed E-state index contributed by atoms with van der Waals surface area (Å²) in [5.41, 5.74) is 6.40. The standard InChI is InChI=1S/C22H31N5O6/c1-21(2,3)33-20(32)25-16(17(28)29)7-5-6-12-27-18(30)22(4,26-19(27)31)15-10-8-14(9-11-15)13-24-23/h8-11,16,23H,5-7,12-13H2,1-4H3,(H,25,32)(H,26,31)(H,28,29)/t16-,22+/m0/s1. The van der Waals surface area contributed by atoms with E-state index in [2.05, 4.69) is 15.7 Å². The van der Waals surface area contributed by atoms with Crippen LogP contribution < -0.4 is 10.6 Å². The molecule has 180 valence electrons. The van der Waals surface area contributed by atoms with Gasteiger partial charge in [-0.2, -0.15) is 5.11 Å². The maximum atomic E-state index is 13.0. The van der Waals surface area contributed by atoms with E-state index in [-0.39, 0.29) is 19.5 Å². The molecule has 0 radical (unpaired) electrons. The second-order valence-electron chi connectivity index (χ2n) is 9.06. The average molecular weight is 462 g/mol. The van der Waals surface area contributed by atoms with E-state index in [1.807, 2.05) is 0 Å². The Hall–Kier alpha value is -3.50. The fourth-order valence-electron chi connectivity index (χ4n) is 3.46. The van der Waals surface area contributed by atoms with Crippen molar-refractivity contribution in [1.82, 2.24) is 15.5 Å². The minimum Gasteiger partial charge on any atom is -0.480 e. The van der Waals surface area contributed by atoms with Crippen LogP contribution >= 0.6 is 0 Å². The Labute approximate surface area is 192 Å². The lowest BCUT2D eigenvalue weighted by atomic mass is 9.91. The topological polar surface area (TPSA) is 161 Å². The van der Waals surface area contributed by atoms with E-state index in [1.54, 1.807) is 52.0 Å². The Bertz CT molecular complexity index is 911. The number of unbranched alkanes of at least 4 members (excludes halogenated alkanes) is 1. The zero-order valence-corrected chi connectivity index (χ0v) is 19.3. The van der Waals surface area contributed by atoms with Crippen LogP contribution in [0.3, 0.4) is 0 Å². The van der Waals surface area contributed by atoms with Crippen molar-refractivity contribution in [3.05, 3.63) is 35.4 Å². The van der Waals surface area contributed by atoms with E-state index in [0.717, 1.165) is 10.5 Å². The van der Waals surface area contributed by atoms with Gasteiger partial charge in [0.25, 0.3) is 5.91 Å². The zero-order chi connectivity index (χ0) is 24.8. The number of nitrogens with zero attached hydrogens (tertiary/aromatic N) is 2. The number of alkyl carbamates (subject to hydrolysis) is 1. The quantitative estimate of drug-likeness (QED) is 0.238. The van der Waals surface area contributed by atoms with Crippen molar-refractivity contribution in [1.29, 1.82) is 5.53 Å². The summed E-state index contributed by atoms with van der Waals surface area (Å²) in [6.07, 6.45) is 0.0465. The van der Waals surface area contributed by atoms with E-state index >= 15 is 0 Å². The van der Waals surface area contributed by atoms with Crippen molar-refractivity contribution in [2.24, 2.45) is 5.11 Å². The van der Waals surface area contributed by atoms with Crippen molar-refractivity contribution in [2.75, 3.05) is 6.54 Å². The van der Waals surface area contributed by atoms with Crippen LogP contribution in [0.25, 0.3) is 0 Å². The smallest absolute Gasteiger partial charge is 0.408 e. The average Bonchev–Trinajstić information content (AvgIpc) is 2.93. The molecule has 1 aliphatic rings. The van der Waals surface area contributed by atoms with Crippen LogP contribution in [-0.2, 0) is 26.4 Å². The molecule has 1 aromatic carbocycles. The molecule has 4 amide bonds. The number of carboxylic acids is 1. The monoisotopic (exact) mass is 461 g/mol. The lowest BCUT2D eigenvalue weighted by molar-refractivity contribution is -0.139. The molecule has 0 unspecified atom stereocenters. The molecule has 1 saturated heterocycles. The molecule has 2 atom stereocenters. The van der Waals surface area contributed by atoms with E-state index in [4.69, 9.17) is 10.3 Å². The maximum Gasteiger partial charge on any atom is 0.408 e. The van der Waals surface area contributed by atoms with Gasteiger partial charge in [0.05, 0.1) is 6.54 Å². The molecule has 1 aromatic rings. The van der Waals surface area contributed by atoms with Crippen molar-refractivity contribution >= 4 is 24.0 Å². The number of carbonyl (C=O) groups is 4. The summed E-state index contributed by atoms with van der Waals surface area (Å²) >= 11 is 0. The highest BCUT2D eigenvalue weighted by Crippen LogP contribution is 2.29. The summed E-state index contributed by atoms with van der Waals surface area (Å²) in [5.74, 6) is -1.59. The number of rotatable bonds is 10. The number of benzene rings is 1. The van der Waals surface area contributed by atoms with Gasteiger partial charge < -0.3 is 20.5 Å². The van der Waals surface area contributed by atoms with Gasteiger partial charge in [0.15, 0.2) is 0 Å². The lowest BCUT2D eigenvalue weighted by Crippen LogP contribution is -2.43. The molecule has 2 rings (SSSR count). The highest BCUT2D eigenvalue weighted by molar-refractivity contribution is 6.07. The number of nitrogens with one attached hydrogen (secondary N) is 3. The van der Waals surface area contributed by atoms with Gasteiger partial charge in [-0.3, -0.25) is 9.69 Å². The first kappa shape index (κ1) is 25.8. The summed E-state index contributed by atoms with van der Waals surface area (Å²) in [5, 5.41) is 17.7. The van der Waals surface area contributed by atoms with Gasteiger partial charge in [-0.15, -0.1) is 0 Å². The van der Waals surface area contributed by atoms with Crippen LogP contribution in [0.2, 0.25) is 0 Å². The number of hydrogen-bond acceptors (Lipinski definition) is 7. The first-order valence-electron chi connectivity index (χ1n) is 10.7. The summed E-state index contributed by atoms with van der Waals surface area (Å²) < 4.78 is 5.09. The minimum absolute atomic E-state index is 0.120. The molecule has 1 heterocycles. The molecule has 11 nitrogen and oxygen atoms in total. The van der Waals surface area contributed by atoms with E-state index < -0.39 is 41.2 Å². The molecule has 1 fully saturated rings. The van der Waals surface area contributed by atoms with Gasteiger partial charge in [-0.05, 0) is 58.1 Å². The number of carbonyl (C=O) groups excluding carboxylic acids is 3. The third kappa shape index (κ3) is 6.74. The lowest BCUT2D eigenvalue weighted by Gasteiger charge is -2.23. The summed E-state index contributed by atoms with van der Waals surface area (Å²) in [7, 11) is 0. The number of amides is 4. The van der Waals surface area contributed by atoms with Crippen LogP contribution in [-0.4, -0.2) is 52.2 Å². The van der Waals surface area contributed by atoms with Gasteiger partial charge in [0, 0.05) is 6.54 Å². The van der Waals surface area contributed by atoms with Crippen LogP contribution in [0.5, 0.6) is 0 Å². The first-order valence-corrected chi connectivity index (χ1v) is 10.7. The molecule has 4 N–H and O–H groups in total. The van der Waals surface area contributed by atoms with Gasteiger partial charge in [0.1, 0.15) is 17.2 Å². The molecule has 0 saturated carbocycles. The van der Waals surface area contributed by atoms with Gasteiger partial charge in [-0.25, -0.2) is 19.9 Å². The highest BCUT2D eigenvalue weighted by atomic mass is 16.6. The molecule has 11 heteroatoms. The Morgan fingerprint density at radius 2 is 1.88 bits per heavy atom. The normalized spacial score (nSPS) is 19.1. The number of hydrogen-bond donors (Lipinski definition) is 4. The Morgan fingerprint density at radius 3 is 2.42 bits per heavy atom. The van der Waals surface area contributed by atoms with Gasteiger partial charge in [0.2, 0.25) is 0 Å². The fraction of sp³-hybridized carbons (Fsp3) is 0.545. The SMILES string of the molecule is CC(C)(C)OC(=O)N[C@@H](CCCCN1C(=O)N[C@](C)(c2ccc(CN=N)cc2)C1=O)C(=O)O. The maximum absolute atomic E-state index is 13.0. The molecule has 1 aliphatic heterocycles. The van der Waals surface area contributed by atoms with Crippen molar-refractivity contribution < 1.29 is 29.0 Å². The van der Waals surface area contributed by atoms with E-state index in [9.17, 15) is 24.3 Å². The predicted octanol–water partition coefficient (Wildman–Crippen LogP) is 3.13. The van der Waals surface area contributed by atoms with Crippen LogP contribution in [0.15, 0.2) is 29.4 Å². The van der Waals surface area contributed by atoms with E-state index in [0.29, 0.717) is 18.4 Å². The van der Waals surface area contributed by atoms with Gasteiger partial charge >= 0.3 is 18.1 Å². The number of ether oxygens (including phenoxy) is 1. The molecule has 33 heavy (non-hydrogen) atoms. The molecule has 0 aliphatic carbocycles. The van der Waals surface area contributed by atoms with Crippen molar-refractivity contribution in [3.8, 4) is 0 Å². The van der Waals surface area contributed by atoms with E-state index in [1.165, 1.54) is 0 Å². The predicted molar refractivity (Wildman–Crippen MR) is 118 cm³/mol.